The molecule has 0 saturated heterocycles. The topological polar surface area (TPSA) is 115 Å². The number of sulfonamides is 1. The van der Waals surface area contributed by atoms with Gasteiger partial charge in [0.1, 0.15) is 12.4 Å². The number of fused-ring (bicyclic) bond motifs is 1. The Hall–Kier alpha value is -3.35. The summed E-state index contributed by atoms with van der Waals surface area (Å²) >= 11 is 0. The lowest BCUT2D eigenvalue weighted by atomic mass is 10.0. The summed E-state index contributed by atoms with van der Waals surface area (Å²) in [5.41, 5.74) is 9.08. The van der Waals surface area contributed by atoms with Crippen molar-refractivity contribution in [3.8, 4) is 5.75 Å². The quantitative estimate of drug-likeness (QED) is 0.419. The van der Waals surface area contributed by atoms with E-state index in [1.165, 1.54) is 0 Å². The van der Waals surface area contributed by atoms with E-state index in [1.54, 1.807) is 36.5 Å². The average Bonchev–Trinajstić information content (AvgIpc) is 3.04. The average molecular weight is 550 g/mol. The number of hydrogen-bond acceptors (Lipinski definition) is 7. The maximum Gasteiger partial charge on any atom is 0.511 e. The summed E-state index contributed by atoms with van der Waals surface area (Å²) in [7, 11) is -5.63. The second-order valence-corrected chi connectivity index (χ2v) is 11.0. The fourth-order valence-corrected chi connectivity index (χ4v) is 5.54. The molecule has 8 nitrogen and oxygen atoms in total. The lowest BCUT2D eigenvalue weighted by Gasteiger charge is -2.34. The Kier molecular flexibility index (Phi) is 8.44. The van der Waals surface area contributed by atoms with Gasteiger partial charge < -0.3 is 21.1 Å². The van der Waals surface area contributed by atoms with Crippen LogP contribution in [0.4, 0.5) is 24.5 Å². The molecule has 0 spiro atoms. The fourth-order valence-electron chi connectivity index (χ4n) is 4.58. The predicted molar refractivity (Wildman–Crippen MR) is 140 cm³/mol. The van der Waals surface area contributed by atoms with Crippen LogP contribution in [0.5, 0.6) is 5.75 Å². The van der Waals surface area contributed by atoms with Gasteiger partial charge in [-0.05, 0) is 42.7 Å². The van der Waals surface area contributed by atoms with E-state index in [9.17, 15) is 21.6 Å². The van der Waals surface area contributed by atoms with Gasteiger partial charge >= 0.3 is 15.5 Å². The summed E-state index contributed by atoms with van der Waals surface area (Å²) in [5.74, 6) is 0.282. The van der Waals surface area contributed by atoms with Crippen molar-refractivity contribution in [2.75, 3.05) is 30.3 Å². The first kappa shape index (κ1) is 27.7. The van der Waals surface area contributed by atoms with Crippen LogP contribution in [0.15, 0.2) is 66.9 Å². The number of ether oxygens (including phenoxy) is 1. The molecule has 1 atom stereocenters. The van der Waals surface area contributed by atoms with E-state index in [4.69, 9.17) is 16.2 Å². The number of rotatable bonds is 9. The summed E-state index contributed by atoms with van der Waals surface area (Å²) in [5, 5.41) is 0. The number of halogens is 3. The number of nitrogens with two attached hydrogens (primary N) is 2. The molecule has 4 N–H and O–H groups in total. The minimum Gasteiger partial charge on any atom is -0.492 e. The lowest BCUT2D eigenvalue weighted by molar-refractivity contribution is -0.0492. The van der Waals surface area contributed by atoms with E-state index in [1.807, 2.05) is 35.2 Å². The summed E-state index contributed by atoms with van der Waals surface area (Å²) < 4.78 is 73.0. The molecular formula is C26H30F3N5O3S. The third kappa shape index (κ3) is 6.20. The summed E-state index contributed by atoms with van der Waals surface area (Å²) in [6.45, 7) is -0.359. The summed E-state index contributed by atoms with van der Waals surface area (Å²) in [6.07, 6.45) is 2.48. The second-order valence-electron chi connectivity index (χ2n) is 9.02. The number of nitrogens with zero attached hydrogens (tertiary/aromatic N) is 3. The number of pyridine rings is 1. The van der Waals surface area contributed by atoms with Crippen LogP contribution >= 0.6 is 0 Å². The van der Waals surface area contributed by atoms with Gasteiger partial charge in [-0.25, -0.2) is 8.42 Å². The van der Waals surface area contributed by atoms with Crippen molar-refractivity contribution in [1.82, 2.24) is 9.29 Å². The number of hydrogen-bond donors (Lipinski definition) is 2. The van der Waals surface area contributed by atoms with Gasteiger partial charge in [0.25, 0.3) is 0 Å². The SMILES string of the molecule is NCCOc1cccc2c1CN(S(=O)(=O)C(F)(F)F)C[C@H](CCc1ccccc1)N2Cc1cc(N)ccn1. The van der Waals surface area contributed by atoms with Crippen molar-refractivity contribution >= 4 is 21.4 Å². The number of aryl methyl sites for hydroxylation is 1. The monoisotopic (exact) mass is 549 g/mol. The maximum absolute atomic E-state index is 13.8. The molecule has 38 heavy (non-hydrogen) atoms. The van der Waals surface area contributed by atoms with E-state index in [0.29, 0.717) is 39.8 Å². The standard InChI is InChI=1S/C26H30F3N5O3S/c27-26(28,29)38(35,36)33-17-22(10-9-19-5-2-1-3-6-19)34(16-21-15-20(31)11-13-32-21)24-7-4-8-25(23(24)18-33)37-14-12-30/h1-8,11,13,15,22H,9-10,12,14,16-18,30H2,(H2,31,32)/t22-/m0/s1. The van der Waals surface area contributed by atoms with Crippen LogP contribution < -0.4 is 21.1 Å². The minimum atomic E-state index is -5.63. The van der Waals surface area contributed by atoms with Gasteiger partial charge in [-0.1, -0.05) is 36.4 Å². The maximum atomic E-state index is 13.8. The molecule has 0 saturated carbocycles. The number of alkyl halides is 3. The highest BCUT2D eigenvalue weighted by Crippen LogP contribution is 2.39. The number of aromatic nitrogens is 1. The predicted octanol–water partition coefficient (Wildman–Crippen LogP) is 3.67. The molecule has 0 radical (unpaired) electrons. The molecule has 0 fully saturated rings. The highest BCUT2D eigenvalue weighted by molar-refractivity contribution is 7.89. The van der Waals surface area contributed by atoms with Gasteiger partial charge in [0.05, 0.1) is 12.2 Å². The molecule has 2 heterocycles. The molecular weight excluding hydrogens is 519 g/mol. The summed E-state index contributed by atoms with van der Waals surface area (Å²) in [6, 6.07) is 17.3. The van der Waals surface area contributed by atoms with Crippen molar-refractivity contribution < 1.29 is 26.3 Å². The van der Waals surface area contributed by atoms with E-state index >= 15 is 0 Å². The first-order chi connectivity index (χ1) is 18.1. The largest absolute Gasteiger partial charge is 0.511 e. The molecule has 204 valence electrons. The van der Waals surface area contributed by atoms with E-state index in [2.05, 4.69) is 4.98 Å². The zero-order valence-corrected chi connectivity index (χ0v) is 21.5. The van der Waals surface area contributed by atoms with Crippen LogP contribution in [-0.4, -0.2) is 49.0 Å². The molecule has 0 bridgehead atoms. The van der Waals surface area contributed by atoms with Gasteiger partial charge in [0.15, 0.2) is 0 Å². The number of nitrogen functional groups attached to an aromatic ring is 1. The number of benzene rings is 2. The highest BCUT2D eigenvalue weighted by atomic mass is 32.2. The Morgan fingerprint density at radius 3 is 2.53 bits per heavy atom. The zero-order valence-electron chi connectivity index (χ0n) is 20.6. The van der Waals surface area contributed by atoms with Crippen LogP contribution in [-0.2, 0) is 29.5 Å². The Bertz CT molecular complexity index is 1340. The highest BCUT2D eigenvalue weighted by Gasteiger charge is 2.51. The normalized spacial score (nSPS) is 16.6. The van der Waals surface area contributed by atoms with E-state index in [0.717, 1.165) is 5.56 Å². The van der Waals surface area contributed by atoms with Crippen LogP contribution in [0.3, 0.4) is 0 Å². The molecule has 3 aromatic rings. The van der Waals surface area contributed by atoms with Crippen molar-refractivity contribution in [2.45, 2.75) is 37.5 Å². The summed E-state index contributed by atoms with van der Waals surface area (Å²) in [4.78, 5) is 6.29. The Morgan fingerprint density at radius 1 is 1.08 bits per heavy atom. The van der Waals surface area contributed by atoms with E-state index < -0.39 is 28.1 Å². The lowest BCUT2D eigenvalue weighted by Crippen LogP contribution is -2.47. The smallest absolute Gasteiger partial charge is 0.492 e. The third-order valence-electron chi connectivity index (χ3n) is 6.40. The first-order valence-corrected chi connectivity index (χ1v) is 13.6. The molecule has 1 aliphatic heterocycles. The van der Waals surface area contributed by atoms with Crippen molar-refractivity contribution in [2.24, 2.45) is 5.73 Å². The van der Waals surface area contributed by atoms with Crippen LogP contribution in [0.2, 0.25) is 0 Å². The van der Waals surface area contributed by atoms with Crippen molar-refractivity contribution in [3.05, 3.63) is 83.7 Å². The first-order valence-electron chi connectivity index (χ1n) is 12.1. The molecule has 1 aromatic heterocycles. The molecule has 0 amide bonds. The molecule has 4 rings (SSSR count). The Labute approximate surface area is 220 Å². The Morgan fingerprint density at radius 2 is 1.84 bits per heavy atom. The van der Waals surface area contributed by atoms with Gasteiger partial charge in [-0.15, -0.1) is 0 Å². The third-order valence-corrected chi connectivity index (χ3v) is 7.94. The van der Waals surface area contributed by atoms with Gasteiger partial charge in [-0.2, -0.15) is 17.5 Å². The van der Waals surface area contributed by atoms with Crippen LogP contribution in [0.25, 0.3) is 0 Å². The van der Waals surface area contributed by atoms with Crippen molar-refractivity contribution in [1.29, 1.82) is 0 Å². The molecule has 0 unspecified atom stereocenters. The van der Waals surface area contributed by atoms with Gasteiger partial charge in [0, 0.05) is 48.8 Å². The van der Waals surface area contributed by atoms with E-state index in [-0.39, 0.29) is 32.0 Å². The second kappa shape index (κ2) is 11.6. The Balaban J connectivity index is 1.83. The van der Waals surface area contributed by atoms with Gasteiger partial charge in [0.2, 0.25) is 0 Å². The zero-order chi connectivity index (χ0) is 27.3. The van der Waals surface area contributed by atoms with Crippen LogP contribution in [0, 0.1) is 0 Å². The van der Waals surface area contributed by atoms with Crippen molar-refractivity contribution in [3.63, 3.8) is 0 Å². The fraction of sp³-hybridized carbons (Fsp3) is 0.346. The minimum absolute atomic E-state index is 0.122. The van der Waals surface area contributed by atoms with Gasteiger partial charge in [-0.3, -0.25) is 4.98 Å². The molecule has 1 aliphatic rings. The van der Waals surface area contributed by atoms with Crippen LogP contribution in [0.1, 0.15) is 23.2 Å². The molecule has 0 aliphatic carbocycles. The number of anilines is 2. The molecule has 2 aromatic carbocycles. The molecule has 12 heteroatoms.